The van der Waals surface area contributed by atoms with E-state index in [-0.39, 0.29) is 17.4 Å². The third-order valence-corrected chi connectivity index (χ3v) is 4.92. The number of hydrogen-bond donors (Lipinski definition) is 1. The standard InChI is InChI=1S/C24H27N3O3/c1-3-21(18-8-6-5-7-9-18)24(29)25-14-15-27-17-26-22(16-23(27)28)19-10-12-20(13-11-19)30-4-2/h5-13,16-17,21H,3-4,14-15H2,1-2H3,(H,25,29). The van der Waals surface area contributed by atoms with Crippen LogP contribution in [0.2, 0.25) is 0 Å². The van der Waals surface area contributed by atoms with Gasteiger partial charge in [0.1, 0.15) is 5.75 Å². The molecule has 3 aromatic rings. The lowest BCUT2D eigenvalue weighted by Crippen LogP contribution is -2.33. The number of nitrogens with one attached hydrogen (secondary N) is 1. The summed E-state index contributed by atoms with van der Waals surface area (Å²) in [5.41, 5.74) is 2.30. The van der Waals surface area contributed by atoms with Gasteiger partial charge >= 0.3 is 0 Å². The van der Waals surface area contributed by atoms with Gasteiger partial charge in [0, 0.05) is 24.7 Å². The first-order valence-electron chi connectivity index (χ1n) is 10.2. The van der Waals surface area contributed by atoms with Crippen molar-refractivity contribution in [1.82, 2.24) is 14.9 Å². The number of aromatic nitrogens is 2. The number of benzene rings is 2. The first-order chi connectivity index (χ1) is 14.6. The highest BCUT2D eigenvalue weighted by Gasteiger charge is 2.17. The van der Waals surface area contributed by atoms with Gasteiger partial charge in [0.25, 0.3) is 5.56 Å². The lowest BCUT2D eigenvalue weighted by Gasteiger charge is -2.15. The van der Waals surface area contributed by atoms with Crippen LogP contribution in [0.5, 0.6) is 5.75 Å². The zero-order valence-corrected chi connectivity index (χ0v) is 17.4. The molecule has 1 amide bonds. The zero-order chi connectivity index (χ0) is 21.3. The molecular weight excluding hydrogens is 378 g/mol. The Morgan fingerprint density at radius 2 is 1.83 bits per heavy atom. The highest BCUT2D eigenvalue weighted by atomic mass is 16.5. The van der Waals surface area contributed by atoms with Crippen molar-refractivity contribution in [2.24, 2.45) is 0 Å². The number of amides is 1. The van der Waals surface area contributed by atoms with E-state index < -0.39 is 0 Å². The average Bonchev–Trinajstić information content (AvgIpc) is 2.77. The molecule has 156 valence electrons. The number of rotatable bonds is 9. The van der Waals surface area contributed by atoms with E-state index in [0.29, 0.717) is 31.8 Å². The third kappa shape index (κ3) is 5.35. The molecule has 6 nitrogen and oxygen atoms in total. The lowest BCUT2D eigenvalue weighted by molar-refractivity contribution is -0.122. The second-order valence-electron chi connectivity index (χ2n) is 6.93. The van der Waals surface area contributed by atoms with E-state index >= 15 is 0 Å². The van der Waals surface area contributed by atoms with Crippen molar-refractivity contribution in [3.05, 3.63) is 82.9 Å². The van der Waals surface area contributed by atoms with Crippen molar-refractivity contribution < 1.29 is 9.53 Å². The van der Waals surface area contributed by atoms with Crippen molar-refractivity contribution in [3.63, 3.8) is 0 Å². The summed E-state index contributed by atoms with van der Waals surface area (Å²) in [5.74, 6) is 0.560. The van der Waals surface area contributed by atoms with Gasteiger partial charge in [-0.05, 0) is 43.2 Å². The van der Waals surface area contributed by atoms with Crippen molar-refractivity contribution in [2.75, 3.05) is 13.2 Å². The van der Waals surface area contributed by atoms with E-state index in [4.69, 9.17) is 4.74 Å². The number of ether oxygens (including phenoxy) is 1. The second-order valence-corrected chi connectivity index (χ2v) is 6.93. The van der Waals surface area contributed by atoms with E-state index in [2.05, 4.69) is 10.3 Å². The predicted octanol–water partition coefficient (Wildman–Crippen LogP) is 3.62. The molecule has 0 aliphatic heterocycles. The summed E-state index contributed by atoms with van der Waals surface area (Å²) in [4.78, 5) is 29.4. The maximum Gasteiger partial charge on any atom is 0.253 e. The van der Waals surface area contributed by atoms with E-state index in [0.717, 1.165) is 16.9 Å². The molecule has 0 saturated carbocycles. The quantitative estimate of drug-likeness (QED) is 0.590. The fourth-order valence-corrected chi connectivity index (χ4v) is 3.32. The highest BCUT2D eigenvalue weighted by molar-refractivity contribution is 5.83. The van der Waals surface area contributed by atoms with Crippen molar-refractivity contribution in [1.29, 1.82) is 0 Å². The summed E-state index contributed by atoms with van der Waals surface area (Å²) in [7, 11) is 0. The average molecular weight is 405 g/mol. The summed E-state index contributed by atoms with van der Waals surface area (Å²) in [6.45, 7) is 5.26. The van der Waals surface area contributed by atoms with E-state index in [1.807, 2.05) is 68.4 Å². The predicted molar refractivity (Wildman–Crippen MR) is 118 cm³/mol. The maximum atomic E-state index is 12.5. The molecule has 30 heavy (non-hydrogen) atoms. The van der Waals surface area contributed by atoms with E-state index in [9.17, 15) is 9.59 Å². The van der Waals surface area contributed by atoms with Gasteiger partial charge in [-0.15, -0.1) is 0 Å². The zero-order valence-electron chi connectivity index (χ0n) is 17.4. The Morgan fingerprint density at radius 1 is 1.10 bits per heavy atom. The monoisotopic (exact) mass is 405 g/mol. The molecule has 1 unspecified atom stereocenters. The van der Waals surface area contributed by atoms with Crippen LogP contribution in [0.3, 0.4) is 0 Å². The molecule has 0 aliphatic carbocycles. The number of carbonyl (C=O) groups is 1. The minimum Gasteiger partial charge on any atom is -0.494 e. The van der Waals surface area contributed by atoms with Gasteiger partial charge in [-0.2, -0.15) is 0 Å². The molecule has 1 heterocycles. The van der Waals surface area contributed by atoms with Gasteiger partial charge < -0.3 is 10.1 Å². The van der Waals surface area contributed by atoms with Gasteiger partial charge in [0.05, 0.1) is 24.5 Å². The molecule has 0 saturated heterocycles. The van der Waals surface area contributed by atoms with Gasteiger partial charge in [0.2, 0.25) is 5.91 Å². The third-order valence-electron chi connectivity index (χ3n) is 4.92. The van der Waals surface area contributed by atoms with E-state index in [1.54, 1.807) is 0 Å². The van der Waals surface area contributed by atoms with Crippen LogP contribution in [-0.2, 0) is 11.3 Å². The Hall–Kier alpha value is -3.41. The highest BCUT2D eigenvalue weighted by Crippen LogP contribution is 2.20. The SMILES string of the molecule is CCOc1ccc(-c2cc(=O)n(CCNC(=O)C(CC)c3ccccc3)cn2)cc1. The summed E-state index contributed by atoms with van der Waals surface area (Å²) < 4.78 is 6.94. The normalized spacial score (nSPS) is 11.7. The van der Waals surface area contributed by atoms with Crippen LogP contribution in [0.1, 0.15) is 31.7 Å². The molecule has 0 radical (unpaired) electrons. The fraction of sp³-hybridized carbons (Fsp3) is 0.292. The summed E-state index contributed by atoms with van der Waals surface area (Å²) in [6, 6.07) is 18.7. The second kappa shape index (κ2) is 10.4. The summed E-state index contributed by atoms with van der Waals surface area (Å²) >= 11 is 0. The molecule has 0 aliphatic rings. The molecule has 2 aromatic carbocycles. The Kier molecular flexibility index (Phi) is 7.38. The Labute approximate surface area is 176 Å². The molecule has 3 rings (SSSR count). The van der Waals surface area contributed by atoms with Crippen molar-refractivity contribution in [2.45, 2.75) is 32.7 Å². The van der Waals surface area contributed by atoms with Gasteiger partial charge in [0.15, 0.2) is 0 Å². The van der Waals surface area contributed by atoms with Crippen molar-refractivity contribution >= 4 is 5.91 Å². The maximum absolute atomic E-state index is 12.5. The Bertz CT molecular complexity index is 1010. The van der Waals surface area contributed by atoms with Gasteiger partial charge in [-0.3, -0.25) is 14.2 Å². The van der Waals surface area contributed by atoms with Crippen LogP contribution in [0.15, 0.2) is 71.8 Å². The molecule has 1 aromatic heterocycles. The number of nitrogens with zero attached hydrogens (tertiary/aromatic N) is 2. The molecule has 0 fully saturated rings. The largest absolute Gasteiger partial charge is 0.494 e. The Balaban J connectivity index is 1.59. The van der Waals surface area contributed by atoms with E-state index in [1.165, 1.54) is 17.0 Å². The minimum atomic E-state index is -0.192. The first-order valence-corrected chi connectivity index (χ1v) is 10.2. The number of carbonyl (C=O) groups excluding carboxylic acids is 1. The van der Waals surface area contributed by atoms with Crippen LogP contribution in [0.4, 0.5) is 0 Å². The molecule has 1 atom stereocenters. The molecular formula is C24H27N3O3. The molecule has 6 heteroatoms. The smallest absolute Gasteiger partial charge is 0.253 e. The lowest BCUT2D eigenvalue weighted by atomic mass is 9.96. The van der Waals surface area contributed by atoms with Crippen LogP contribution in [0.25, 0.3) is 11.3 Å². The van der Waals surface area contributed by atoms with Crippen LogP contribution in [-0.4, -0.2) is 28.6 Å². The minimum absolute atomic E-state index is 0.0317. The van der Waals surface area contributed by atoms with Crippen molar-refractivity contribution in [3.8, 4) is 17.0 Å². The topological polar surface area (TPSA) is 73.2 Å². The Morgan fingerprint density at radius 3 is 2.47 bits per heavy atom. The van der Waals surface area contributed by atoms with Crippen LogP contribution < -0.4 is 15.6 Å². The van der Waals surface area contributed by atoms with Crippen LogP contribution >= 0.6 is 0 Å². The van der Waals surface area contributed by atoms with Crippen LogP contribution in [0, 0.1) is 0 Å². The molecule has 0 bridgehead atoms. The fourth-order valence-electron chi connectivity index (χ4n) is 3.32. The first kappa shape index (κ1) is 21.3. The molecule has 1 N–H and O–H groups in total. The number of hydrogen-bond acceptors (Lipinski definition) is 4. The van der Waals surface area contributed by atoms with Gasteiger partial charge in [-0.25, -0.2) is 4.98 Å². The summed E-state index contributed by atoms with van der Waals surface area (Å²) in [5, 5.41) is 2.93. The molecule has 0 spiro atoms. The van der Waals surface area contributed by atoms with Gasteiger partial charge in [-0.1, -0.05) is 37.3 Å². The summed E-state index contributed by atoms with van der Waals surface area (Å²) in [6.07, 6.45) is 2.24.